The molecule has 0 saturated heterocycles. The summed E-state index contributed by atoms with van der Waals surface area (Å²) in [4.78, 5) is 11.9. The maximum absolute atomic E-state index is 11.9. The van der Waals surface area contributed by atoms with Gasteiger partial charge in [-0.3, -0.25) is 10.2 Å². The SMILES string of the molecule is CC(C)(CCl)C(=O)C(Cl)=NNc1ccc(Cl)cc1. The van der Waals surface area contributed by atoms with E-state index in [2.05, 4.69) is 10.5 Å². The van der Waals surface area contributed by atoms with Gasteiger partial charge in [0, 0.05) is 16.3 Å². The molecule has 1 N–H and O–H groups in total. The maximum atomic E-state index is 11.9. The van der Waals surface area contributed by atoms with Crippen molar-refractivity contribution in [3.05, 3.63) is 29.3 Å². The number of hydrogen-bond donors (Lipinski definition) is 1. The van der Waals surface area contributed by atoms with Crippen LogP contribution in [-0.2, 0) is 4.79 Å². The number of rotatable bonds is 5. The summed E-state index contributed by atoms with van der Waals surface area (Å²) in [6.07, 6.45) is 0. The Bertz CT molecular complexity index is 455. The van der Waals surface area contributed by atoms with Crippen molar-refractivity contribution in [1.82, 2.24) is 0 Å². The molecule has 0 amide bonds. The number of nitrogens with one attached hydrogen (secondary N) is 1. The van der Waals surface area contributed by atoms with Crippen molar-refractivity contribution in [2.24, 2.45) is 10.5 Å². The van der Waals surface area contributed by atoms with E-state index >= 15 is 0 Å². The highest BCUT2D eigenvalue weighted by Crippen LogP contribution is 2.20. The zero-order valence-corrected chi connectivity index (χ0v) is 12.3. The molecule has 0 aliphatic heterocycles. The van der Waals surface area contributed by atoms with Crippen LogP contribution in [0.4, 0.5) is 5.69 Å². The molecule has 98 valence electrons. The van der Waals surface area contributed by atoms with Crippen molar-refractivity contribution in [1.29, 1.82) is 0 Å². The first-order valence-corrected chi connectivity index (χ1v) is 6.51. The normalized spacial score (nSPS) is 12.4. The van der Waals surface area contributed by atoms with E-state index < -0.39 is 5.41 Å². The molecule has 0 spiro atoms. The Morgan fingerprint density at radius 3 is 2.39 bits per heavy atom. The van der Waals surface area contributed by atoms with Crippen LogP contribution in [0.1, 0.15) is 13.8 Å². The van der Waals surface area contributed by atoms with E-state index in [9.17, 15) is 4.79 Å². The highest BCUT2D eigenvalue weighted by atomic mass is 35.5. The van der Waals surface area contributed by atoms with E-state index in [1.54, 1.807) is 38.1 Å². The number of hydrogen-bond acceptors (Lipinski definition) is 3. The van der Waals surface area contributed by atoms with Crippen molar-refractivity contribution >= 4 is 51.4 Å². The number of Topliss-reactive ketones (excluding diaryl/α,β-unsaturated/α-hetero) is 1. The molecular weight excluding hydrogens is 295 g/mol. The van der Waals surface area contributed by atoms with Crippen LogP contribution in [0.5, 0.6) is 0 Å². The molecule has 0 aliphatic rings. The van der Waals surface area contributed by atoms with Crippen LogP contribution in [0, 0.1) is 5.41 Å². The van der Waals surface area contributed by atoms with Crippen molar-refractivity contribution in [3.8, 4) is 0 Å². The summed E-state index contributed by atoms with van der Waals surface area (Å²) in [7, 11) is 0. The molecule has 18 heavy (non-hydrogen) atoms. The van der Waals surface area contributed by atoms with Crippen LogP contribution >= 0.6 is 34.8 Å². The lowest BCUT2D eigenvalue weighted by molar-refractivity contribution is -0.119. The van der Waals surface area contributed by atoms with Gasteiger partial charge >= 0.3 is 0 Å². The number of alkyl halides is 1. The average molecular weight is 308 g/mol. The van der Waals surface area contributed by atoms with Gasteiger partial charge in [-0.05, 0) is 24.3 Å². The Kier molecular flexibility index (Phi) is 5.45. The molecule has 0 aromatic heterocycles. The van der Waals surface area contributed by atoms with Crippen LogP contribution < -0.4 is 5.43 Å². The second-order valence-electron chi connectivity index (χ2n) is 4.37. The Balaban J connectivity index is 2.73. The number of hydrazone groups is 1. The Hall–Kier alpha value is -0.770. The van der Waals surface area contributed by atoms with E-state index in [1.165, 1.54) is 0 Å². The summed E-state index contributed by atoms with van der Waals surface area (Å²) >= 11 is 17.3. The third-order valence-electron chi connectivity index (χ3n) is 2.26. The predicted octanol–water partition coefficient (Wildman–Crippen LogP) is 4.14. The van der Waals surface area contributed by atoms with Crippen molar-refractivity contribution in [2.45, 2.75) is 13.8 Å². The number of carbonyl (C=O) groups excluding carboxylic acids is 1. The third-order valence-corrected chi connectivity index (χ3v) is 3.44. The van der Waals surface area contributed by atoms with Gasteiger partial charge in [0.25, 0.3) is 0 Å². The summed E-state index contributed by atoms with van der Waals surface area (Å²) < 4.78 is 0. The summed E-state index contributed by atoms with van der Waals surface area (Å²) in [5.74, 6) is -0.126. The van der Waals surface area contributed by atoms with Gasteiger partial charge in [0.15, 0.2) is 5.17 Å². The summed E-state index contributed by atoms with van der Waals surface area (Å²) in [5, 5.41) is 4.31. The smallest absolute Gasteiger partial charge is 0.201 e. The third kappa shape index (κ3) is 4.16. The van der Waals surface area contributed by atoms with Crippen LogP contribution in [-0.4, -0.2) is 16.8 Å². The fraction of sp³-hybridized carbons (Fsp3) is 0.333. The Labute approximate surface area is 121 Å². The molecule has 0 bridgehead atoms. The van der Waals surface area contributed by atoms with Gasteiger partial charge in [-0.25, -0.2) is 0 Å². The summed E-state index contributed by atoms with van der Waals surface area (Å²) in [6, 6.07) is 6.87. The second-order valence-corrected chi connectivity index (χ2v) is 5.43. The van der Waals surface area contributed by atoms with Gasteiger partial charge < -0.3 is 0 Å². The molecule has 1 aromatic rings. The Morgan fingerprint density at radius 2 is 1.89 bits per heavy atom. The first kappa shape index (κ1) is 15.3. The molecule has 0 unspecified atom stereocenters. The number of halogens is 3. The fourth-order valence-corrected chi connectivity index (χ4v) is 1.57. The number of ketones is 1. The van der Waals surface area contributed by atoms with E-state index in [0.717, 1.165) is 0 Å². The van der Waals surface area contributed by atoms with Gasteiger partial charge in [-0.1, -0.05) is 37.0 Å². The van der Waals surface area contributed by atoms with Gasteiger partial charge in [0.2, 0.25) is 5.78 Å². The van der Waals surface area contributed by atoms with Crippen LogP contribution in [0.15, 0.2) is 29.4 Å². The van der Waals surface area contributed by atoms with Crippen molar-refractivity contribution < 1.29 is 4.79 Å². The minimum Gasteiger partial charge on any atom is -0.291 e. The van der Waals surface area contributed by atoms with Gasteiger partial charge in [0.1, 0.15) is 0 Å². The topological polar surface area (TPSA) is 41.5 Å². The zero-order chi connectivity index (χ0) is 13.8. The lowest BCUT2D eigenvalue weighted by Crippen LogP contribution is -2.30. The number of benzene rings is 1. The molecule has 0 radical (unpaired) electrons. The lowest BCUT2D eigenvalue weighted by atomic mass is 9.91. The average Bonchev–Trinajstić information content (AvgIpc) is 2.36. The molecule has 3 nitrogen and oxygen atoms in total. The first-order chi connectivity index (χ1) is 8.36. The van der Waals surface area contributed by atoms with Crippen LogP contribution in [0.2, 0.25) is 5.02 Å². The standard InChI is InChI=1S/C12H13Cl3N2O/c1-12(2,7-13)10(18)11(15)17-16-9-5-3-8(14)4-6-9/h3-6,16H,7H2,1-2H3. The number of nitrogens with zero attached hydrogens (tertiary/aromatic N) is 1. The fourth-order valence-electron chi connectivity index (χ4n) is 1.03. The van der Waals surface area contributed by atoms with Crippen LogP contribution in [0.3, 0.4) is 0 Å². The monoisotopic (exact) mass is 306 g/mol. The Morgan fingerprint density at radius 1 is 1.33 bits per heavy atom. The largest absolute Gasteiger partial charge is 0.291 e. The molecule has 0 atom stereocenters. The molecule has 0 fully saturated rings. The van der Waals surface area contributed by atoms with Crippen molar-refractivity contribution in [3.63, 3.8) is 0 Å². The molecule has 6 heteroatoms. The highest BCUT2D eigenvalue weighted by Gasteiger charge is 2.29. The molecule has 0 heterocycles. The second kappa shape index (κ2) is 6.41. The van der Waals surface area contributed by atoms with Crippen molar-refractivity contribution in [2.75, 3.05) is 11.3 Å². The van der Waals surface area contributed by atoms with E-state index in [4.69, 9.17) is 34.8 Å². The molecule has 1 aromatic carbocycles. The minimum atomic E-state index is -0.732. The van der Waals surface area contributed by atoms with Gasteiger partial charge in [0.05, 0.1) is 5.69 Å². The van der Waals surface area contributed by atoms with Gasteiger partial charge in [-0.15, -0.1) is 11.6 Å². The maximum Gasteiger partial charge on any atom is 0.201 e. The summed E-state index contributed by atoms with van der Waals surface area (Å²) in [6.45, 7) is 3.42. The highest BCUT2D eigenvalue weighted by molar-refractivity contribution is 6.83. The molecular formula is C12H13Cl3N2O. The molecule has 0 aliphatic carbocycles. The molecule has 0 saturated carbocycles. The molecule has 1 rings (SSSR count). The van der Waals surface area contributed by atoms with Gasteiger partial charge in [-0.2, -0.15) is 5.10 Å². The predicted molar refractivity (Wildman–Crippen MR) is 77.9 cm³/mol. The lowest BCUT2D eigenvalue weighted by Gasteiger charge is -2.17. The van der Waals surface area contributed by atoms with E-state index in [1.807, 2.05) is 0 Å². The number of carbonyl (C=O) groups is 1. The first-order valence-electron chi connectivity index (χ1n) is 5.22. The van der Waals surface area contributed by atoms with Crippen LogP contribution in [0.25, 0.3) is 0 Å². The van der Waals surface area contributed by atoms with E-state index in [-0.39, 0.29) is 16.8 Å². The quantitative estimate of drug-likeness (QED) is 0.504. The number of anilines is 1. The zero-order valence-electron chi connectivity index (χ0n) is 10.0. The minimum absolute atomic E-state index is 0.129. The van der Waals surface area contributed by atoms with E-state index in [0.29, 0.717) is 10.7 Å². The summed E-state index contributed by atoms with van der Waals surface area (Å²) in [5.41, 5.74) is 2.64.